The van der Waals surface area contributed by atoms with Crippen LogP contribution in [-0.2, 0) is 11.3 Å². The molecule has 1 aliphatic rings. The Kier molecular flexibility index (Phi) is 5.21. The smallest absolute Gasteiger partial charge is 0.317 e. The van der Waals surface area contributed by atoms with Gasteiger partial charge in [-0.1, -0.05) is 30.3 Å². The van der Waals surface area contributed by atoms with Crippen LogP contribution in [-0.4, -0.2) is 37.7 Å². The minimum atomic E-state index is 0.0312. The lowest BCUT2D eigenvalue weighted by molar-refractivity contribution is 0.0631. The zero-order valence-electron chi connectivity index (χ0n) is 11.5. The molecular formula is C15H22N2O2. The van der Waals surface area contributed by atoms with Gasteiger partial charge in [-0.25, -0.2) is 4.79 Å². The molecule has 0 aromatic heterocycles. The fraction of sp³-hybridized carbons (Fsp3) is 0.533. The number of nitrogens with zero attached hydrogens (tertiary/aromatic N) is 1. The zero-order valence-corrected chi connectivity index (χ0v) is 11.5. The van der Waals surface area contributed by atoms with E-state index in [1.54, 1.807) is 7.05 Å². The number of urea groups is 1. The van der Waals surface area contributed by atoms with Crippen molar-refractivity contribution in [2.45, 2.75) is 19.4 Å². The molecule has 1 fully saturated rings. The molecule has 1 N–H and O–H groups in total. The first-order valence-corrected chi connectivity index (χ1v) is 6.88. The second kappa shape index (κ2) is 7.14. The molecule has 1 heterocycles. The van der Waals surface area contributed by atoms with Gasteiger partial charge in [0.05, 0.1) is 6.61 Å². The number of piperidine rings is 1. The molecule has 1 aromatic rings. The van der Waals surface area contributed by atoms with E-state index in [4.69, 9.17) is 4.74 Å². The van der Waals surface area contributed by atoms with E-state index in [1.807, 2.05) is 23.1 Å². The van der Waals surface area contributed by atoms with Crippen LogP contribution in [0.3, 0.4) is 0 Å². The molecule has 0 spiro atoms. The summed E-state index contributed by atoms with van der Waals surface area (Å²) in [7, 11) is 1.68. The van der Waals surface area contributed by atoms with Gasteiger partial charge in [0.2, 0.25) is 0 Å². The van der Waals surface area contributed by atoms with Crippen LogP contribution in [0.1, 0.15) is 18.4 Å². The Morgan fingerprint density at radius 1 is 1.32 bits per heavy atom. The van der Waals surface area contributed by atoms with Crippen LogP contribution in [0.4, 0.5) is 4.79 Å². The summed E-state index contributed by atoms with van der Waals surface area (Å²) < 4.78 is 5.76. The van der Waals surface area contributed by atoms with Gasteiger partial charge in [-0.15, -0.1) is 0 Å². The van der Waals surface area contributed by atoms with Gasteiger partial charge in [0.1, 0.15) is 0 Å². The molecular weight excluding hydrogens is 240 g/mol. The number of carbonyl (C=O) groups is 1. The van der Waals surface area contributed by atoms with Gasteiger partial charge in [0.25, 0.3) is 0 Å². The Morgan fingerprint density at radius 2 is 2.00 bits per heavy atom. The number of rotatable bonds is 4. The van der Waals surface area contributed by atoms with Crippen molar-refractivity contribution in [3.63, 3.8) is 0 Å². The summed E-state index contributed by atoms with van der Waals surface area (Å²) in [5.74, 6) is 0.574. The molecule has 0 atom stereocenters. The topological polar surface area (TPSA) is 41.6 Å². The number of nitrogens with one attached hydrogen (secondary N) is 1. The highest BCUT2D eigenvalue weighted by Crippen LogP contribution is 2.18. The van der Waals surface area contributed by atoms with Crippen molar-refractivity contribution < 1.29 is 9.53 Å². The van der Waals surface area contributed by atoms with Gasteiger partial charge in [0.15, 0.2) is 0 Å². The van der Waals surface area contributed by atoms with Crippen molar-refractivity contribution in [1.29, 1.82) is 0 Å². The summed E-state index contributed by atoms with van der Waals surface area (Å²) in [5, 5.41) is 2.67. The molecule has 0 aliphatic carbocycles. The number of hydrogen-bond acceptors (Lipinski definition) is 2. The minimum Gasteiger partial charge on any atom is -0.376 e. The van der Waals surface area contributed by atoms with Crippen molar-refractivity contribution in [2.24, 2.45) is 5.92 Å². The second-order valence-corrected chi connectivity index (χ2v) is 4.99. The Hall–Kier alpha value is -1.55. The van der Waals surface area contributed by atoms with Crippen LogP contribution in [0.2, 0.25) is 0 Å². The monoisotopic (exact) mass is 262 g/mol. The summed E-state index contributed by atoms with van der Waals surface area (Å²) in [6.45, 7) is 3.13. The molecule has 1 aliphatic heterocycles. The molecule has 0 radical (unpaired) electrons. The molecule has 4 heteroatoms. The predicted molar refractivity (Wildman–Crippen MR) is 74.9 cm³/mol. The fourth-order valence-electron chi connectivity index (χ4n) is 2.38. The van der Waals surface area contributed by atoms with Crippen LogP contribution < -0.4 is 5.32 Å². The summed E-state index contributed by atoms with van der Waals surface area (Å²) >= 11 is 0. The highest BCUT2D eigenvalue weighted by Gasteiger charge is 2.21. The van der Waals surface area contributed by atoms with Crippen LogP contribution >= 0.6 is 0 Å². The lowest BCUT2D eigenvalue weighted by Crippen LogP contribution is -2.43. The number of likely N-dealkylation sites (tertiary alicyclic amines) is 1. The third-order valence-corrected chi connectivity index (χ3v) is 3.58. The largest absolute Gasteiger partial charge is 0.376 e. The SMILES string of the molecule is CNC(=O)N1CCC(COCc2ccccc2)CC1. The zero-order chi connectivity index (χ0) is 13.5. The lowest BCUT2D eigenvalue weighted by atomic mass is 9.98. The van der Waals surface area contributed by atoms with Crippen LogP contribution in [0.15, 0.2) is 30.3 Å². The van der Waals surface area contributed by atoms with E-state index in [2.05, 4.69) is 17.4 Å². The fourth-order valence-corrected chi connectivity index (χ4v) is 2.38. The molecule has 2 amide bonds. The van der Waals surface area contributed by atoms with E-state index in [0.29, 0.717) is 12.5 Å². The predicted octanol–water partition coefficient (Wildman–Crippen LogP) is 2.25. The Bertz CT molecular complexity index is 386. The second-order valence-electron chi connectivity index (χ2n) is 4.99. The number of benzene rings is 1. The van der Waals surface area contributed by atoms with E-state index in [-0.39, 0.29) is 6.03 Å². The molecule has 4 nitrogen and oxygen atoms in total. The third kappa shape index (κ3) is 4.24. The minimum absolute atomic E-state index is 0.0312. The summed E-state index contributed by atoms with van der Waals surface area (Å²) in [6.07, 6.45) is 2.06. The first-order valence-electron chi connectivity index (χ1n) is 6.88. The van der Waals surface area contributed by atoms with E-state index < -0.39 is 0 Å². The van der Waals surface area contributed by atoms with E-state index >= 15 is 0 Å². The first kappa shape index (κ1) is 13.9. The van der Waals surface area contributed by atoms with Crippen LogP contribution in [0.25, 0.3) is 0 Å². The summed E-state index contributed by atoms with van der Waals surface area (Å²) in [5.41, 5.74) is 1.21. The number of amides is 2. The average molecular weight is 262 g/mol. The molecule has 2 rings (SSSR count). The third-order valence-electron chi connectivity index (χ3n) is 3.58. The van der Waals surface area contributed by atoms with Gasteiger partial charge in [-0.2, -0.15) is 0 Å². The molecule has 0 unspecified atom stereocenters. The van der Waals surface area contributed by atoms with Crippen molar-refractivity contribution in [3.8, 4) is 0 Å². The summed E-state index contributed by atoms with van der Waals surface area (Å²) in [6, 6.07) is 10.3. The lowest BCUT2D eigenvalue weighted by Gasteiger charge is -2.31. The molecule has 0 bridgehead atoms. The van der Waals surface area contributed by atoms with Crippen molar-refractivity contribution >= 4 is 6.03 Å². The van der Waals surface area contributed by atoms with Gasteiger partial charge >= 0.3 is 6.03 Å². The maximum absolute atomic E-state index is 11.5. The maximum atomic E-state index is 11.5. The van der Waals surface area contributed by atoms with E-state index in [9.17, 15) is 4.79 Å². The normalized spacial score (nSPS) is 16.4. The number of ether oxygens (including phenoxy) is 1. The molecule has 1 aromatic carbocycles. The van der Waals surface area contributed by atoms with Crippen LogP contribution in [0, 0.1) is 5.92 Å². The van der Waals surface area contributed by atoms with E-state index in [0.717, 1.165) is 32.5 Å². The molecule has 1 saturated heterocycles. The van der Waals surface area contributed by atoms with Crippen molar-refractivity contribution in [3.05, 3.63) is 35.9 Å². The molecule has 0 saturated carbocycles. The van der Waals surface area contributed by atoms with Gasteiger partial charge in [-0.05, 0) is 24.3 Å². The van der Waals surface area contributed by atoms with E-state index in [1.165, 1.54) is 5.56 Å². The molecule has 19 heavy (non-hydrogen) atoms. The molecule has 104 valence electrons. The maximum Gasteiger partial charge on any atom is 0.317 e. The average Bonchev–Trinajstić information content (AvgIpc) is 2.48. The van der Waals surface area contributed by atoms with Gasteiger partial charge in [0, 0.05) is 26.7 Å². The first-order chi connectivity index (χ1) is 9.29. The van der Waals surface area contributed by atoms with Gasteiger partial charge < -0.3 is 15.0 Å². The summed E-state index contributed by atoms with van der Waals surface area (Å²) in [4.78, 5) is 13.3. The Balaban J connectivity index is 1.65. The quantitative estimate of drug-likeness (QED) is 0.904. The Morgan fingerprint density at radius 3 is 2.63 bits per heavy atom. The number of carbonyl (C=O) groups excluding carboxylic acids is 1. The van der Waals surface area contributed by atoms with Crippen molar-refractivity contribution in [1.82, 2.24) is 10.2 Å². The Labute approximate surface area is 114 Å². The highest BCUT2D eigenvalue weighted by atomic mass is 16.5. The highest BCUT2D eigenvalue weighted by molar-refractivity contribution is 5.73. The number of hydrogen-bond donors (Lipinski definition) is 1. The van der Waals surface area contributed by atoms with Crippen molar-refractivity contribution in [2.75, 3.05) is 26.7 Å². The standard InChI is InChI=1S/C15H22N2O2/c1-16-15(18)17-9-7-14(8-10-17)12-19-11-13-5-3-2-4-6-13/h2-6,14H,7-12H2,1H3,(H,16,18). The van der Waals surface area contributed by atoms with Crippen LogP contribution in [0.5, 0.6) is 0 Å². The van der Waals surface area contributed by atoms with Gasteiger partial charge in [-0.3, -0.25) is 0 Å².